The quantitative estimate of drug-likeness (QED) is 0.126. The second kappa shape index (κ2) is 30.9. The molecule has 0 N–H and O–H groups in total. The molecule has 80 heavy (non-hydrogen) atoms. The number of methoxy groups -OCH3 is 1. The highest BCUT2D eigenvalue weighted by Gasteiger charge is 2.36. The van der Waals surface area contributed by atoms with Crippen molar-refractivity contribution in [3.8, 4) is 5.88 Å². The highest BCUT2D eigenvalue weighted by atomic mass is 32.2. The second-order valence-electron chi connectivity index (χ2n) is 17.4. The number of hydrogen-bond acceptors (Lipinski definition) is 8. The summed E-state index contributed by atoms with van der Waals surface area (Å²) in [5, 5.41) is 16.1. The van der Waals surface area contributed by atoms with Crippen LogP contribution in [0.2, 0.25) is 0 Å². The minimum atomic E-state index is -4.34. The number of aromatic nitrogens is 14. The Labute approximate surface area is 466 Å². The van der Waals surface area contributed by atoms with Gasteiger partial charge in [-0.15, -0.1) is 11.7 Å². The summed E-state index contributed by atoms with van der Waals surface area (Å²) in [6, 6.07) is 22.4. The molecule has 0 saturated carbocycles. The maximum atomic E-state index is 12.1. The number of imidazole rings is 2. The van der Waals surface area contributed by atoms with Crippen molar-refractivity contribution in [2.45, 2.75) is 77.7 Å². The van der Waals surface area contributed by atoms with Crippen molar-refractivity contribution in [3.63, 3.8) is 0 Å². The third-order valence-corrected chi connectivity index (χ3v) is 12.4. The fraction of sp³-hybridized carbons (Fsp3) is 0.352. The van der Waals surface area contributed by atoms with Crippen LogP contribution >= 0.6 is 11.8 Å². The molecule has 0 aliphatic rings. The predicted octanol–water partition coefficient (Wildman–Crippen LogP) is 13.0. The van der Waals surface area contributed by atoms with E-state index in [1.807, 2.05) is 119 Å². The molecule has 0 aliphatic heterocycles. The van der Waals surface area contributed by atoms with E-state index in [9.17, 15) is 30.7 Å². The third-order valence-electron chi connectivity index (χ3n) is 11.4. The van der Waals surface area contributed by atoms with Gasteiger partial charge in [0.1, 0.15) is 11.2 Å². The van der Waals surface area contributed by atoms with Gasteiger partial charge in [0, 0.05) is 126 Å². The smallest absolute Gasteiger partial charge is 0.449 e. The number of rotatable bonds is 3. The van der Waals surface area contributed by atoms with Gasteiger partial charge in [0.2, 0.25) is 17.5 Å². The van der Waals surface area contributed by atoms with Gasteiger partial charge in [0.05, 0.1) is 19.4 Å². The Kier molecular flexibility index (Phi) is 26.0. The third kappa shape index (κ3) is 21.5. The maximum absolute atomic E-state index is 12.1. The monoisotopic (exact) mass is 1130 g/mol. The highest BCUT2D eigenvalue weighted by Crippen LogP contribution is 2.29. The maximum Gasteiger partial charge on any atom is 0.449 e. The van der Waals surface area contributed by atoms with Crippen molar-refractivity contribution in [3.05, 3.63) is 189 Å². The topological polar surface area (TPSA) is 139 Å². The standard InChI is InChI=1S/C11H12N2S.C7H8N2.C7H11NO.2C6H7F3N2.2C6H7N3.C5H7FN2/c1-9-8-11(12-13(9)2)14-10-6-4-3-5-7-10;1-6-4-7(8-2)5-9(6)3;1-6-4-5-7(9-3)8(6)2;1-4-3-10-5(11(4)2)6(7,8)9;1-4-3-5(6(7,8)9)10-11(4)2;1-5-4-8-6(7-2)9(5)3;1-5-4-6(7-2)8-9(5)3;1-4-3-5(6)7-8(4)2/h3-8H,1-2H3;4-5H,1,3H3;4-5H,1-3H3;2*3H,1-2H3;2*4H,1,3H3;3H,1-2H3. The van der Waals surface area contributed by atoms with Crippen LogP contribution < -0.4 is 4.74 Å². The van der Waals surface area contributed by atoms with Gasteiger partial charge >= 0.3 is 18.3 Å². The fourth-order valence-electron chi connectivity index (χ4n) is 5.85. The first kappa shape index (κ1) is 67.3. The van der Waals surface area contributed by atoms with Gasteiger partial charge in [0.25, 0.3) is 5.82 Å². The summed E-state index contributed by atoms with van der Waals surface area (Å²) in [6.45, 7) is 34.8. The van der Waals surface area contributed by atoms with Crippen LogP contribution in [0.5, 0.6) is 5.88 Å². The van der Waals surface area contributed by atoms with Crippen molar-refractivity contribution in [1.29, 1.82) is 0 Å². The molecular formula is C54H66F7N17OS. The Morgan fingerprint density at radius 1 is 0.512 bits per heavy atom. The highest BCUT2D eigenvalue weighted by molar-refractivity contribution is 7.99. The minimum Gasteiger partial charge on any atom is -0.482 e. The summed E-state index contributed by atoms with van der Waals surface area (Å²) in [6.07, 6.45) is -3.96. The lowest BCUT2D eigenvalue weighted by molar-refractivity contribution is -0.146. The van der Waals surface area contributed by atoms with Crippen LogP contribution in [0.25, 0.3) is 14.5 Å². The Bertz CT molecular complexity index is 3320. The van der Waals surface area contributed by atoms with Gasteiger partial charge in [-0.3, -0.25) is 18.6 Å². The first-order valence-corrected chi connectivity index (χ1v) is 24.5. The van der Waals surface area contributed by atoms with Crippen LogP contribution in [0.4, 0.5) is 48.2 Å². The number of aryl methyl sites for hydroxylation is 13. The first-order chi connectivity index (χ1) is 37.3. The second-order valence-corrected chi connectivity index (χ2v) is 18.4. The minimum absolute atomic E-state index is 0.412. The number of alkyl halides is 6. The van der Waals surface area contributed by atoms with Crippen LogP contribution in [0.1, 0.15) is 57.1 Å². The van der Waals surface area contributed by atoms with Gasteiger partial charge in [-0.1, -0.05) is 36.5 Å². The molecule has 9 aromatic rings. The average Bonchev–Trinajstić information content (AvgIpc) is 4.30. The number of ether oxygens (including phenoxy) is 1. The molecule has 0 bridgehead atoms. The van der Waals surface area contributed by atoms with E-state index in [0.29, 0.717) is 23.2 Å². The molecule has 8 aromatic heterocycles. The summed E-state index contributed by atoms with van der Waals surface area (Å²) in [4.78, 5) is 17.9. The Balaban J connectivity index is 0.000000314. The Morgan fingerprint density at radius 2 is 1.05 bits per heavy atom. The summed E-state index contributed by atoms with van der Waals surface area (Å²) in [5.41, 5.74) is 7.27. The zero-order valence-electron chi connectivity index (χ0n) is 47.7. The molecule has 0 unspecified atom stereocenters. The number of nitrogens with zero attached hydrogens (tertiary/aromatic N) is 17. The van der Waals surface area contributed by atoms with Crippen LogP contribution in [-0.2, 0) is 68.7 Å². The molecule has 0 radical (unpaired) electrons. The molecule has 428 valence electrons. The van der Waals surface area contributed by atoms with E-state index >= 15 is 0 Å². The lowest BCUT2D eigenvalue weighted by atomic mass is 10.4. The van der Waals surface area contributed by atoms with Crippen molar-refractivity contribution in [1.82, 2.24) is 67.4 Å². The summed E-state index contributed by atoms with van der Waals surface area (Å²) >= 11 is 1.69. The normalized spacial score (nSPS) is 10.3. The Morgan fingerprint density at radius 3 is 1.31 bits per heavy atom. The van der Waals surface area contributed by atoms with Gasteiger partial charge in [0.15, 0.2) is 11.6 Å². The summed E-state index contributed by atoms with van der Waals surface area (Å²) < 4.78 is 102. The molecule has 0 aliphatic carbocycles. The van der Waals surface area contributed by atoms with Gasteiger partial charge in [-0.2, -0.15) is 50.6 Å². The molecule has 0 saturated heterocycles. The SMILES string of the molecule is COc1ccc(C)n1C.Cc1cc(C(F)(F)F)nn1C.Cc1cc(F)nn1C.Cc1cc(Sc2ccccc2)nn1C.Cc1cnc(C(F)(F)F)n1C.[C-]#[N+]c1cc(C)n(C)c1.[C-]#[N+]c1cc(C)n(C)n1.[C-]#[N+]c1ncc(C)n1C. The molecule has 26 heteroatoms. The van der Waals surface area contributed by atoms with Crippen molar-refractivity contribution >= 4 is 29.2 Å². The van der Waals surface area contributed by atoms with E-state index in [-0.39, 0.29) is 0 Å². The number of halogens is 7. The number of hydrogen-bond donors (Lipinski definition) is 0. The number of benzene rings is 1. The van der Waals surface area contributed by atoms with Crippen LogP contribution in [-0.4, -0.2) is 74.5 Å². The van der Waals surface area contributed by atoms with E-state index < -0.39 is 29.8 Å². The van der Waals surface area contributed by atoms with Crippen LogP contribution in [0.3, 0.4) is 0 Å². The molecule has 0 atom stereocenters. The molecule has 0 spiro atoms. The van der Waals surface area contributed by atoms with Crippen molar-refractivity contribution in [2.24, 2.45) is 56.4 Å². The zero-order valence-corrected chi connectivity index (χ0v) is 48.5. The van der Waals surface area contributed by atoms with Crippen LogP contribution in [0, 0.1) is 81.1 Å². The first-order valence-electron chi connectivity index (χ1n) is 23.7. The van der Waals surface area contributed by atoms with Crippen LogP contribution in [0.15, 0.2) is 101 Å². The lowest BCUT2D eigenvalue weighted by Gasteiger charge is -2.05. The predicted molar refractivity (Wildman–Crippen MR) is 294 cm³/mol. The average molecular weight is 1130 g/mol. The van der Waals surface area contributed by atoms with E-state index in [1.165, 1.54) is 52.0 Å². The van der Waals surface area contributed by atoms with E-state index in [4.69, 9.17) is 24.5 Å². The fourth-order valence-corrected chi connectivity index (χ4v) is 6.78. The van der Waals surface area contributed by atoms with Gasteiger partial charge in [-0.25, -0.2) is 9.83 Å². The molecule has 1 aromatic carbocycles. The van der Waals surface area contributed by atoms with Crippen molar-refractivity contribution in [2.75, 3.05) is 7.11 Å². The zero-order chi connectivity index (χ0) is 60.8. The van der Waals surface area contributed by atoms with E-state index in [1.54, 1.807) is 68.2 Å². The molecule has 18 nitrogen and oxygen atoms in total. The molecule has 8 heterocycles. The lowest BCUT2D eigenvalue weighted by Crippen LogP contribution is -2.13. The van der Waals surface area contributed by atoms with Gasteiger partial charge in [-0.05, 0) is 103 Å². The Hall–Kier alpha value is -8.83. The summed E-state index contributed by atoms with van der Waals surface area (Å²) in [7, 11) is 15.7. The van der Waals surface area contributed by atoms with E-state index in [0.717, 1.165) is 50.0 Å². The molecule has 9 rings (SSSR count). The van der Waals surface area contributed by atoms with Gasteiger partial charge < -0.3 is 28.1 Å². The van der Waals surface area contributed by atoms with E-state index in [2.05, 4.69) is 70.0 Å². The molecule has 0 fully saturated rings. The van der Waals surface area contributed by atoms with Crippen molar-refractivity contribution < 1.29 is 35.5 Å². The molecule has 0 amide bonds. The summed E-state index contributed by atoms with van der Waals surface area (Å²) in [5.74, 6) is 0.565. The largest absolute Gasteiger partial charge is 0.482 e. The molecular weight excluding hydrogens is 1070 g/mol.